The normalized spacial score (nSPS) is 11.9. The summed E-state index contributed by atoms with van der Waals surface area (Å²) in [6.45, 7) is 2.11. The van der Waals surface area contributed by atoms with Crippen LogP contribution in [-0.4, -0.2) is 4.98 Å². The second kappa shape index (κ2) is 4.11. The van der Waals surface area contributed by atoms with E-state index in [0.717, 1.165) is 0 Å². The highest BCUT2D eigenvalue weighted by molar-refractivity contribution is 6.18. The van der Waals surface area contributed by atoms with Crippen LogP contribution in [0.5, 0.6) is 0 Å². The maximum absolute atomic E-state index is 3.50. The Morgan fingerprint density at radius 3 is 2.18 bits per heavy atom. The zero-order valence-corrected chi connectivity index (χ0v) is 12.4. The third kappa shape index (κ3) is 1.54. The van der Waals surface area contributed by atoms with Crippen molar-refractivity contribution in [1.82, 2.24) is 4.98 Å². The fourth-order valence-corrected chi connectivity index (χ4v) is 3.57. The first-order valence-electron chi connectivity index (χ1n) is 7.63. The molecule has 4 aromatic carbocycles. The number of aryl methyl sites for hydroxylation is 1. The molecule has 1 heterocycles. The summed E-state index contributed by atoms with van der Waals surface area (Å²) in [5, 5.41) is 9.12. The van der Waals surface area contributed by atoms with Gasteiger partial charge in [-0.25, -0.2) is 0 Å². The van der Waals surface area contributed by atoms with Crippen molar-refractivity contribution in [3.8, 4) is 0 Å². The van der Waals surface area contributed by atoms with Crippen molar-refractivity contribution in [2.75, 3.05) is 0 Å². The van der Waals surface area contributed by atoms with Gasteiger partial charge in [0.25, 0.3) is 0 Å². The van der Waals surface area contributed by atoms with Gasteiger partial charge in [-0.2, -0.15) is 0 Å². The van der Waals surface area contributed by atoms with E-state index < -0.39 is 0 Å². The molecule has 1 aromatic heterocycles. The number of benzene rings is 4. The van der Waals surface area contributed by atoms with Gasteiger partial charge in [-0.1, -0.05) is 48.5 Å². The SMILES string of the molecule is Cc1cc2ccc3c4cc5ccccc5cc4ccc3c2[nH]1. The lowest BCUT2D eigenvalue weighted by molar-refractivity contribution is 1.31. The molecule has 1 heteroatoms. The summed E-state index contributed by atoms with van der Waals surface area (Å²) in [6.07, 6.45) is 0. The smallest absolute Gasteiger partial charge is 0.0535 e. The Kier molecular flexibility index (Phi) is 2.21. The zero-order chi connectivity index (χ0) is 14.7. The number of rotatable bonds is 0. The Bertz CT molecular complexity index is 1180. The van der Waals surface area contributed by atoms with Gasteiger partial charge in [0.1, 0.15) is 0 Å². The second-order valence-electron chi connectivity index (χ2n) is 6.06. The second-order valence-corrected chi connectivity index (χ2v) is 6.06. The molecular weight excluding hydrogens is 266 g/mol. The molecule has 1 N–H and O–H groups in total. The average molecular weight is 281 g/mol. The molecule has 0 amide bonds. The van der Waals surface area contributed by atoms with Gasteiger partial charge in [0.2, 0.25) is 0 Å². The fourth-order valence-electron chi connectivity index (χ4n) is 3.57. The molecule has 0 saturated carbocycles. The van der Waals surface area contributed by atoms with Gasteiger partial charge in [0, 0.05) is 16.5 Å². The molecule has 1 nitrogen and oxygen atoms in total. The molecule has 0 aliphatic rings. The van der Waals surface area contributed by atoms with Crippen molar-refractivity contribution < 1.29 is 0 Å². The number of hydrogen-bond acceptors (Lipinski definition) is 0. The summed E-state index contributed by atoms with van der Waals surface area (Å²) >= 11 is 0. The Morgan fingerprint density at radius 1 is 0.591 bits per heavy atom. The van der Waals surface area contributed by atoms with Gasteiger partial charge in [-0.3, -0.25) is 0 Å². The third-order valence-corrected chi connectivity index (χ3v) is 4.61. The topological polar surface area (TPSA) is 15.8 Å². The molecule has 0 unspecified atom stereocenters. The van der Waals surface area contributed by atoms with Crippen LogP contribution in [-0.2, 0) is 0 Å². The van der Waals surface area contributed by atoms with Crippen molar-refractivity contribution in [2.24, 2.45) is 0 Å². The number of nitrogens with one attached hydrogen (secondary N) is 1. The van der Waals surface area contributed by atoms with Gasteiger partial charge in [-0.05, 0) is 52.1 Å². The first kappa shape index (κ1) is 11.8. The van der Waals surface area contributed by atoms with E-state index in [2.05, 4.69) is 78.6 Å². The van der Waals surface area contributed by atoms with E-state index in [-0.39, 0.29) is 0 Å². The number of H-pyrrole nitrogens is 1. The maximum atomic E-state index is 3.50. The summed E-state index contributed by atoms with van der Waals surface area (Å²) in [6, 6.07) is 24.3. The van der Waals surface area contributed by atoms with Gasteiger partial charge < -0.3 is 4.98 Å². The van der Waals surface area contributed by atoms with Gasteiger partial charge >= 0.3 is 0 Å². The molecule has 0 saturated heterocycles. The summed E-state index contributed by atoms with van der Waals surface area (Å²) < 4.78 is 0. The van der Waals surface area contributed by atoms with Crippen LogP contribution in [0, 0.1) is 6.92 Å². The summed E-state index contributed by atoms with van der Waals surface area (Å²) in [7, 11) is 0. The van der Waals surface area contributed by atoms with Crippen molar-refractivity contribution in [3.63, 3.8) is 0 Å². The minimum absolute atomic E-state index is 1.21. The van der Waals surface area contributed by atoms with Gasteiger partial charge in [0.15, 0.2) is 0 Å². The van der Waals surface area contributed by atoms with Crippen LogP contribution in [0.3, 0.4) is 0 Å². The summed E-state index contributed by atoms with van der Waals surface area (Å²) in [4.78, 5) is 3.50. The van der Waals surface area contributed by atoms with Gasteiger partial charge in [0.05, 0.1) is 5.52 Å². The molecule has 5 rings (SSSR count). The van der Waals surface area contributed by atoms with E-state index in [9.17, 15) is 0 Å². The van der Waals surface area contributed by atoms with Crippen LogP contribution < -0.4 is 0 Å². The number of aromatic amines is 1. The predicted octanol–water partition coefficient (Wildman–Crippen LogP) is 5.94. The van der Waals surface area contributed by atoms with E-state index in [1.807, 2.05) is 0 Å². The van der Waals surface area contributed by atoms with Crippen LogP contribution in [0.2, 0.25) is 0 Å². The lowest BCUT2D eigenvalue weighted by Crippen LogP contribution is -1.81. The van der Waals surface area contributed by atoms with Crippen LogP contribution in [0.4, 0.5) is 0 Å². The largest absolute Gasteiger partial charge is 0.358 e. The lowest BCUT2D eigenvalue weighted by Gasteiger charge is -2.07. The van der Waals surface area contributed by atoms with Crippen LogP contribution in [0.15, 0.2) is 66.7 Å². The third-order valence-electron chi connectivity index (χ3n) is 4.61. The molecule has 0 aliphatic heterocycles. The van der Waals surface area contributed by atoms with Gasteiger partial charge in [-0.15, -0.1) is 0 Å². The molecule has 104 valence electrons. The summed E-state index contributed by atoms with van der Waals surface area (Å²) in [5.41, 5.74) is 2.45. The molecular formula is C21H15N. The Labute approximate surface area is 128 Å². The molecule has 0 spiro atoms. The van der Waals surface area contributed by atoms with Crippen molar-refractivity contribution in [2.45, 2.75) is 6.92 Å². The summed E-state index contributed by atoms with van der Waals surface area (Å²) in [5.74, 6) is 0. The Morgan fingerprint density at radius 2 is 1.32 bits per heavy atom. The highest BCUT2D eigenvalue weighted by Gasteiger charge is 2.07. The monoisotopic (exact) mass is 281 g/mol. The van der Waals surface area contributed by atoms with Crippen molar-refractivity contribution in [1.29, 1.82) is 0 Å². The highest BCUT2D eigenvalue weighted by Crippen LogP contribution is 2.33. The number of aromatic nitrogens is 1. The zero-order valence-electron chi connectivity index (χ0n) is 12.4. The minimum Gasteiger partial charge on any atom is -0.358 e. The van der Waals surface area contributed by atoms with Crippen molar-refractivity contribution >= 4 is 43.2 Å². The molecule has 0 fully saturated rings. The van der Waals surface area contributed by atoms with E-state index in [0.29, 0.717) is 0 Å². The van der Waals surface area contributed by atoms with E-state index in [1.54, 1.807) is 0 Å². The predicted molar refractivity (Wildman–Crippen MR) is 95.6 cm³/mol. The fraction of sp³-hybridized carbons (Fsp3) is 0.0476. The highest BCUT2D eigenvalue weighted by atomic mass is 14.7. The van der Waals surface area contributed by atoms with E-state index in [4.69, 9.17) is 0 Å². The van der Waals surface area contributed by atoms with E-state index >= 15 is 0 Å². The number of fused-ring (bicyclic) bond motifs is 6. The first-order valence-corrected chi connectivity index (χ1v) is 7.63. The minimum atomic E-state index is 1.21. The lowest BCUT2D eigenvalue weighted by atomic mass is 9.97. The quantitative estimate of drug-likeness (QED) is 0.267. The standard InChI is InChI=1S/C21H15N/c1-13-10-17-7-8-18-19(21(17)22-13)9-6-16-11-14-4-2-3-5-15(14)12-20(16)18/h2-12,22H,1H3. The molecule has 0 aliphatic carbocycles. The number of hydrogen-bond donors (Lipinski definition) is 1. The molecule has 5 aromatic rings. The molecule has 0 atom stereocenters. The van der Waals surface area contributed by atoms with Crippen LogP contribution >= 0.6 is 0 Å². The first-order chi connectivity index (χ1) is 10.8. The Balaban J connectivity index is 2.01. The van der Waals surface area contributed by atoms with Crippen LogP contribution in [0.1, 0.15) is 5.69 Å². The van der Waals surface area contributed by atoms with E-state index in [1.165, 1.54) is 48.9 Å². The molecule has 0 radical (unpaired) electrons. The Hall–Kier alpha value is -2.80. The van der Waals surface area contributed by atoms with Crippen LogP contribution in [0.25, 0.3) is 43.2 Å². The maximum Gasteiger partial charge on any atom is 0.0535 e. The van der Waals surface area contributed by atoms with Crippen molar-refractivity contribution in [3.05, 3.63) is 72.4 Å². The molecule has 0 bridgehead atoms. The molecule has 22 heavy (non-hydrogen) atoms. The average Bonchev–Trinajstić information content (AvgIpc) is 2.93.